The maximum atomic E-state index is 6.23. The minimum absolute atomic E-state index is 0.00792. The van der Waals surface area contributed by atoms with Gasteiger partial charge in [0.2, 0.25) is 0 Å². The van der Waals surface area contributed by atoms with Crippen molar-refractivity contribution in [1.82, 2.24) is 5.32 Å². The summed E-state index contributed by atoms with van der Waals surface area (Å²) in [6.45, 7) is 17.4. The van der Waals surface area contributed by atoms with E-state index < -0.39 is 0 Å². The van der Waals surface area contributed by atoms with Crippen molar-refractivity contribution in [2.45, 2.75) is 77.7 Å². The van der Waals surface area contributed by atoms with Crippen LogP contribution in [-0.4, -0.2) is 22.3 Å². The van der Waals surface area contributed by atoms with E-state index in [0.717, 1.165) is 0 Å². The molecule has 0 unspecified atom stereocenters. The summed E-state index contributed by atoms with van der Waals surface area (Å²) in [5.74, 6) is 0. The van der Waals surface area contributed by atoms with Crippen molar-refractivity contribution in [3.8, 4) is 0 Å². The van der Waals surface area contributed by atoms with Crippen molar-refractivity contribution in [1.29, 1.82) is 0 Å². The lowest BCUT2D eigenvalue weighted by Crippen LogP contribution is -2.76. The molecule has 1 aliphatic heterocycles. The Morgan fingerprint density at radius 1 is 0.643 bits per heavy atom. The quantitative estimate of drug-likeness (QED) is 0.647. The molecule has 0 spiro atoms. The lowest BCUT2D eigenvalue weighted by Gasteiger charge is -2.60. The molecule has 0 amide bonds. The van der Waals surface area contributed by atoms with E-state index in [9.17, 15) is 0 Å². The molecule has 0 aromatic rings. The van der Waals surface area contributed by atoms with Crippen LogP contribution in [0.4, 0.5) is 0 Å². The Morgan fingerprint density at radius 2 is 0.929 bits per heavy atom. The van der Waals surface area contributed by atoms with Gasteiger partial charge in [0.25, 0.3) is 0 Å². The molecule has 1 N–H and O–H groups in total. The molecule has 1 fully saturated rings. The lowest BCUT2D eigenvalue weighted by molar-refractivity contribution is -0.231. The first-order valence-corrected chi connectivity index (χ1v) is 5.41. The summed E-state index contributed by atoms with van der Waals surface area (Å²) in [7, 11) is 0. The zero-order chi connectivity index (χ0) is 11.4. The molecular weight excluding hydrogens is 174 g/mol. The first kappa shape index (κ1) is 12.0. The van der Waals surface area contributed by atoms with Crippen LogP contribution >= 0.6 is 0 Å². The minimum atomic E-state index is -0.147. The van der Waals surface area contributed by atoms with Gasteiger partial charge in [-0.15, -0.1) is 0 Å². The van der Waals surface area contributed by atoms with Gasteiger partial charge in [-0.05, 0) is 55.4 Å². The van der Waals surface area contributed by atoms with E-state index in [1.807, 2.05) is 0 Å². The van der Waals surface area contributed by atoms with E-state index in [-0.39, 0.29) is 22.3 Å². The lowest BCUT2D eigenvalue weighted by atomic mass is 9.74. The Hall–Kier alpha value is -0.0800. The van der Waals surface area contributed by atoms with Crippen LogP contribution in [0.1, 0.15) is 55.4 Å². The molecule has 0 atom stereocenters. The van der Waals surface area contributed by atoms with Gasteiger partial charge in [-0.25, -0.2) is 0 Å². The van der Waals surface area contributed by atoms with Crippen LogP contribution in [0.15, 0.2) is 0 Å². The maximum absolute atomic E-state index is 6.23. The van der Waals surface area contributed by atoms with Gasteiger partial charge in [-0.1, -0.05) is 0 Å². The maximum Gasteiger partial charge on any atom is 0.0810 e. The zero-order valence-electron chi connectivity index (χ0n) is 10.9. The third-order valence-corrected chi connectivity index (χ3v) is 4.15. The van der Waals surface area contributed by atoms with Gasteiger partial charge in [-0.2, -0.15) is 0 Å². The standard InChI is InChI=1S/C12H25NO/c1-9(2)11(5,6)14-12(7,8)10(3,4)13-9/h13H,1-8H3. The Bertz CT molecular complexity index is 189. The average Bonchev–Trinajstić information content (AvgIpc) is 1.78. The Labute approximate surface area is 88.4 Å². The topological polar surface area (TPSA) is 21.3 Å². The van der Waals surface area contributed by atoms with Gasteiger partial charge in [0.05, 0.1) is 11.2 Å². The second-order valence-electron chi connectivity index (χ2n) is 6.50. The van der Waals surface area contributed by atoms with Crippen LogP contribution in [-0.2, 0) is 4.74 Å². The van der Waals surface area contributed by atoms with Crippen LogP contribution in [0.2, 0.25) is 0 Å². The van der Waals surface area contributed by atoms with E-state index in [0.29, 0.717) is 0 Å². The molecule has 0 radical (unpaired) electrons. The molecule has 14 heavy (non-hydrogen) atoms. The first-order valence-electron chi connectivity index (χ1n) is 5.41. The Balaban J connectivity index is 3.07. The van der Waals surface area contributed by atoms with E-state index in [1.165, 1.54) is 0 Å². The second-order valence-corrected chi connectivity index (χ2v) is 6.50. The fraction of sp³-hybridized carbons (Fsp3) is 1.00. The molecule has 2 heteroatoms. The monoisotopic (exact) mass is 199 g/mol. The Kier molecular flexibility index (Phi) is 2.34. The summed E-state index contributed by atoms with van der Waals surface area (Å²) in [5, 5.41) is 3.69. The summed E-state index contributed by atoms with van der Waals surface area (Å²) in [4.78, 5) is 0. The molecule has 1 aliphatic rings. The van der Waals surface area contributed by atoms with Gasteiger partial charge < -0.3 is 10.1 Å². The molecule has 1 heterocycles. The summed E-state index contributed by atoms with van der Waals surface area (Å²) >= 11 is 0. The highest BCUT2D eigenvalue weighted by Gasteiger charge is 2.54. The van der Waals surface area contributed by atoms with Gasteiger partial charge in [0.15, 0.2) is 0 Å². The van der Waals surface area contributed by atoms with Crippen LogP contribution in [0.25, 0.3) is 0 Å². The predicted molar refractivity (Wildman–Crippen MR) is 60.5 cm³/mol. The average molecular weight is 199 g/mol. The highest BCUT2D eigenvalue weighted by molar-refractivity contribution is 5.11. The van der Waals surface area contributed by atoms with E-state index >= 15 is 0 Å². The highest BCUT2D eigenvalue weighted by atomic mass is 16.5. The molecule has 0 aromatic heterocycles. The largest absolute Gasteiger partial charge is 0.366 e. The van der Waals surface area contributed by atoms with Crippen molar-refractivity contribution >= 4 is 0 Å². The molecule has 0 saturated carbocycles. The van der Waals surface area contributed by atoms with Crippen LogP contribution < -0.4 is 5.32 Å². The predicted octanol–water partition coefficient (Wildman–Crippen LogP) is 2.72. The SMILES string of the molecule is CC1(C)NC(C)(C)C(C)(C)OC1(C)C. The second kappa shape index (κ2) is 2.73. The van der Waals surface area contributed by atoms with Crippen molar-refractivity contribution in [3.63, 3.8) is 0 Å². The van der Waals surface area contributed by atoms with Crippen LogP contribution in [0.5, 0.6) is 0 Å². The number of ether oxygens (including phenoxy) is 1. The van der Waals surface area contributed by atoms with Crippen molar-refractivity contribution in [3.05, 3.63) is 0 Å². The minimum Gasteiger partial charge on any atom is -0.366 e. The normalized spacial score (nSPS) is 32.6. The summed E-state index contributed by atoms with van der Waals surface area (Å²) < 4.78 is 6.23. The van der Waals surface area contributed by atoms with Crippen LogP contribution in [0, 0.1) is 0 Å². The van der Waals surface area contributed by atoms with Crippen molar-refractivity contribution in [2.75, 3.05) is 0 Å². The smallest absolute Gasteiger partial charge is 0.0810 e. The van der Waals surface area contributed by atoms with Crippen molar-refractivity contribution in [2.24, 2.45) is 0 Å². The molecule has 84 valence electrons. The van der Waals surface area contributed by atoms with Gasteiger partial charge in [0, 0.05) is 11.1 Å². The number of morpholine rings is 1. The number of hydrogen-bond donors (Lipinski definition) is 1. The molecule has 1 rings (SSSR count). The molecule has 0 bridgehead atoms. The van der Waals surface area contributed by atoms with Gasteiger partial charge in [-0.3, -0.25) is 0 Å². The number of rotatable bonds is 0. The van der Waals surface area contributed by atoms with Crippen LogP contribution in [0.3, 0.4) is 0 Å². The highest BCUT2D eigenvalue weighted by Crippen LogP contribution is 2.42. The summed E-state index contributed by atoms with van der Waals surface area (Å²) in [6, 6.07) is 0. The van der Waals surface area contributed by atoms with E-state index in [2.05, 4.69) is 60.7 Å². The number of hydrogen-bond acceptors (Lipinski definition) is 2. The molecule has 0 aromatic carbocycles. The fourth-order valence-corrected chi connectivity index (χ4v) is 1.98. The Morgan fingerprint density at radius 3 is 1.14 bits per heavy atom. The van der Waals surface area contributed by atoms with Gasteiger partial charge in [0.1, 0.15) is 0 Å². The summed E-state index contributed by atoms with van der Waals surface area (Å²) in [6.07, 6.45) is 0. The van der Waals surface area contributed by atoms with Crippen molar-refractivity contribution < 1.29 is 4.74 Å². The first-order chi connectivity index (χ1) is 5.91. The fourth-order valence-electron chi connectivity index (χ4n) is 1.98. The molecule has 1 saturated heterocycles. The summed E-state index contributed by atoms with van der Waals surface area (Å²) in [5.41, 5.74) is -0.309. The van der Waals surface area contributed by atoms with Gasteiger partial charge >= 0.3 is 0 Å². The third kappa shape index (κ3) is 1.59. The molecule has 0 aliphatic carbocycles. The zero-order valence-corrected chi connectivity index (χ0v) is 10.9. The van der Waals surface area contributed by atoms with E-state index in [4.69, 9.17) is 4.74 Å². The third-order valence-electron chi connectivity index (χ3n) is 4.15. The van der Waals surface area contributed by atoms with E-state index in [1.54, 1.807) is 0 Å². The molecule has 2 nitrogen and oxygen atoms in total. The number of nitrogens with one attached hydrogen (secondary N) is 1. The molecular formula is C12H25NO.